The molecule has 1 aromatic heterocycles. The van der Waals surface area contributed by atoms with Gasteiger partial charge in [0.05, 0.1) is 30.8 Å². The van der Waals surface area contributed by atoms with Crippen LogP contribution < -0.4 is 4.90 Å². The molecule has 0 saturated carbocycles. The molecule has 2 atom stereocenters. The van der Waals surface area contributed by atoms with Gasteiger partial charge in [-0.1, -0.05) is 0 Å². The number of carbonyl (C=O) groups is 1. The molecule has 0 N–H and O–H groups in total. The summed E-state index contributed by atoms with van der Waals surface area (Å²) in [6, 6.07) is 6.30. The first-order valence-electron chi connectivity index (χ1n) is 6.93. The summed E-state index contributed by atoms with van der Waals surface area (Å²) in [5.41, 5.74) is 1.53. The standard InChI is InChI=1S/C15H15N3O2/c19-7-10-1-4-14-11(5-10)6-16-15(17-14)18-12-2-3-13(18)9-20-8-12/h1,4-7,12-13H,2-3,8-9H2/t12-,13+. The number of benzene rings is 1. The summed E-state index contributed by atoms with van der Waals surface area (Å²) >= 11 is 0. The molecule has 1 aromatic carbocycles. The van der Waals surface area contributed by atoms with Gasteiger partial charge in [0.15, 0.2) is 0 Å². The predicted molar refractivity (Wildman–Crippen MR) is 75.0 cm³/mol. The average Bonchev–Trinajstić information content (AvgIpc) is 2.75. The smallest absolute Gasteiger partial charge is 0.226 e. The third-order valence-corrected chi connectivity index (χ3v) is 4.20. The number of hydrogen-bond acceptors (Lipinski definition) is 5. The van der Waals surface area contributed by atoms with E-state index >= 15 is 0 Å². The lowest BCUT2D eigenvalue weighted by Crippen LogP contribution is -2.46. The highest BCUT2D eigenvalue weighted by Gasteiger charge is 2.38. The van der Waals surface area contributed by atoms with E-state index in [0.29, 0.717) is 17.6 Å². The van der Waals surface area contributed by atoms with Crippen LogP contribution in [0.4, 0.5) is 5.95 Å². The van der Waals surface area contributed by atoms with Gasteiger partial charge in [-0.2, -0.15) is 0 Å². The molecule has 5 nitrogen and oxygen atoms in total. The molecule has 2 aromatic rings. The molecule has 2 saturated heterocycles. The third kappa shape index (κ3) is 1.78. The maximum absolute atomic E-state index is 10.8. The van der Waals surface area contributed by atoms with Gasteiger partial charge in [0.1, 0.15) is 6.29 Å². The van der Waals surface area contributed by atoms with Gasteiger partial charge in [0.25, 0.3) is 0 Å². The van der Waals surface area contributed by atoms with Crippen LogP contribution in [0.3, 0.4) is 0 Å². The lowest BCUT2D eigenvalue weighted by molar-refractivity contribution is 0.0898. The highest BCUT2D eigenvalue weighted by Crippen LogP contribution is 2.32. The van der Waals surface area contributed by atoms with Crippen LogP contribution in [0.2, 0.25) is 0 Å². The van der Waals surface area contributed by atoms with E-state index in [2.05, 4.69) is 14.9 Å². The van der Waals surface area contributed by atoms with Crippen molar-refractivity contribution < 1.29 is 9.53 Å². The molecule has 0 radical (unpaired) electrons. The molecule has 0 amide bonds. The molecule has 2 aliphatic heterocycles. The number of anilines is 1. The molecule has 0 spiro atoms. The molecule has 102 valence electrons. The second-order valence-electron chi connectivity index (χ2n) is 5.44. The first kappa shape index (κ1) is 11.8. The summed E-state index contributed by atoms with van der Waals surface area (Å²) in [5, 5.41) is 0.902. The van der Waals surface area contributed by atoms with Gasteiger partial charge < -0.3 is 9.64 Å². The van der Waals surface area contributed by atoms with Crippen LogP contribution in [0.5, 0.6) is 0 Å². The normalized spacial score (nSPS) is 25.1. The monoisotopic (exact) mass is 269 g/mol. The summed E-state index contributed by atoms with van der Waals surface area (Å²) < 4.78 is 5.59. The van der Waals surface area contributed by atoms with Gasteiger partial charge in [-0.05, 0) is 31.0 Å². The Morgan fingerprint density at radius 1 is 1.25 bits per heavy atom. The van der Waals surface area contributed by atoms with Crippen LogP contribution >= 0.6 is 0 Å². The van der Waals surface area contributed by atoms with Gasteiger partial charge in [0, 0.05) is 17.1 Å². The van der Waals surface area contributed by atoms with Crippen LogP contribution in [-0.4, -0.2) is 41.6 Å². The average molecular weight is 269 g/mol. The van der Waals surface area contributed by atoms with Crippen molar-refractivity contribution >= 4 is 23.1 Å². The van der Waals surface area contributed by atoms with Gasteiger partial charge in [0.2, 0.25) is 5.95 Å². The number of rotatable bonds is 2. The van der Waals surface area contributed by atoms with Gasteiger partial charge in [-0.25, -0.2) is 9.97 Å². The summed E-state index contributed by atoms with van der Waals surface area (Å²) in [6.07, 6.45) is 4.95. The summed E-state index contributed by atoms with van der Waals surface area (Å²) in [7, 11) is 0. The number of carbonyl (C=O) groups excluding carboxylic acids is 1. The summed E-state index contributed by atoms with van der Waals surface area (Å²) in [5.74, 6) is 0.784. The Bertz CT molecular complexity index is 657. The van der Waals surface area contributed by atoms with Crippen molar-refractivity contribution in [3.8, 4) is 0 Å². The van der Waals surface area contributed by atoms with Crippen LogP contribution in [0.1, 0.15) is 23.2 Å². The molecule has 2 aliphatic rings. The Morgan fingerprint density at radius 2 is 2.05 bits per heavy atom. The second kappa shape index (κ2) is 4.52. The van der Waals surface area contributed by atoms with Gasteiger partial charge in [-0.15, -0.1) is 0 Å². The number of fused-ring (bicyclic) bond motifs is 3. The largest absolute Gasteiger partial charge is 0.377 e. The number of aromatic nitrogens is 2. The van der Waals surface area contributed by atoms with E-state index in [1.165, 1.54) is 0 Å². The SMILES string of the molecule is O=Cc1ccc2nc(N3[C@@H]4CC[C@H]3COC4)ncc2c1. The molecule has 0 unspecified atom stereocenters. The molecule has 2 bridgehead atoms. The van der Waals surface area contributed by atoms with Crippen molar-refractivity contribution in [1.82, 2.24) is 9.97 Å². The van der Waals surface area contributed by atoms with E-state index in [-0.39, 0.29) is 0 Å². The van der Waals surface area contributed by atoms with E-state index in [4.69, 9.17) is 4.74 Å². The minimum Gasteiger partial charge on any atom is -0.377 e. The molecular weight excluding hydrogens is 254 g/mol. The minimum absolute atomic E-state index is 0.403. The number of aldehydes is 1. The Balaban J connectivity index is 1.75. The zero-order chi connectivity index (χ0) is 13.5. The van der Waals surface area contributed by atoms with Crippen LogP contribution in [0.15, 0.2) is 24.4 Å². The highest BCUT2D eigenvalue weighted by atomic mass is 16.5. The lowest BCUT2D eigenvalue weighted by atomic mass is 10.2. The van der Waals surface area contributed by atoms with E-state index < -0.39 is 0 Å². The van der Waals surface area contributed by atoms with Crippen LogP contribution in [-0.2, 0) is 4.74 Å². The fraction of sp³-hybridized carbons (Fsp3) is 0.400. The minimum atomic E-state index is 0.403. The van der Waals surface area contributed by atoms with E-state index in [0.717, 1.165) is 49.2 Å². The number of morpholine rings is 1. The Morgan fingerprint density at radius 3 is 2.80 bits per heavy atom. The first-order valence-corrected chi connectivity index (χ1v) is 6.93. The number of nitrogens with zero attached hydrogens (tertiary/aromatic N) is 3. The van der Waals surface area contributed by atoms with Crippen molar-refractivity contribution in [3.05, 3.63) is 30.0 Å². The molecule has 5 heteroatoms. The predicted octanol–water partition coefficient (Wildman–Crippen LogP) is 1.81. The molecule has 4 rings (SSSR count). The topological polar surface area (TPSA) is 55.3 Å². The Labute approximate surface area is 116 Å². The van der Waals surface area contributed by atoms with Gasteiger partial charge >= 0.3 is 0 Å². The van der Waals surface area contributed by atoms with Crippen molar-refractivity contribution in [3.63, 3.8) is 0 Å². The molecule has 3 heterocycles. The first-order chi connectivity index (χ1) is 9.85. The zero-order valence-corrected chi connectivity index (χ0v) is 11.0. The molecule has 20 heavy (non-hydrogen) atoms. The summed E-state index contributed by atoms with van der Waals surface area (Å²) in [4.78, 5) is 22.2. The van der Waals surface area contributed by atoms with Gasteiger partial charge in [-0.3, -0.25) is 4.79 Å². The van der Waals surface area contributed by atoms with Crippen molar-refractivity contribution in [2.75, 3.05) is 18.1 Å². The maximum atomic E-state index is 10.8. The lowest BCUT2D eigenvalue weighted by Gasteiger charge is -2.34. The maximum Gasteiger partial charge on any atom is 0.226 e. The van der Waals surface area contributed by atoms with E-state index in [9.17, 15) is 4.79 Å². The third-order valence-electron chi connectivity index (χ3n) is 4.20. The van der Waals surface area contributed by atoms with Crippen molar-refractivity contribution in [1.29, 1.82) is 0 Å². The molecule has 0 aliphatic carbocycles. The van der Waals surface area contributed by atoms with E-state index in [1.807, 2.05) is 12.1 Å². The molecule has 2 fully saturated rings. The Hall–Kier alpha value is -2.01. The molecular formula is C15H15N3O2. The Kier molecular flexibility index (Phi) is 2.67. The zero-order valence-electron chi connectivity index (χ0n) is 11.0. The number of hydrogen-bond donors (Lipinski definition) is 0. The quantitative estimate of drug-likeness (QED) is 0.778. The van der Waals surface area contributed by atoms with Crippen LogP contribution in [0.25, 0.3) is 10.9 Å². The highest BCUT2D eigenvalue weighted by molar-refractivity contribution is 5.86. The summed E-state index contributed by atoms with van der Waals surface area (Å²) in [6.45, 7) is 1.53. The fourth-order valence-corrected chi connectivity index (χ4v) is 3.19. The van der Waals surface area contributed by atoms with Crippen molar-refractivity contribution in [2.45, 2.75) is 24.9 Å². The van der Waals surface area contributed by atoms with E-state index in [1.54, 1.807) is 12.3 Å². The van der Waals surface area contributed by atoms with Crippen molar-refractivity contribution in [2.24, 2.45) is 0 Å². The fourth-order valence-electron chi connectivity index (χ4n) is 3.19. The van der Waals surface area contributed by atoms with Crippen LogP contribution in [0, 0.1) is 0 Å². The second-order valence-corrected chi connectivity index (χ2v) is 5.44. The number of ether oxygens (including phenoxy) is 1.